The van der Waals surface area contributed by atoms with E-state index >= 15 is 0 Å². The smallest absolute Gasteiger partial charge is 0.220 e. The summed E-state index contributed by atoms with van der Waals surface area (Å²) in [6, 6.07) is 14.6. The highest BCUT2D eigenvalue weighted by molar-refractivity contribution is 5.76. The molecule has 0 spiro atoms. The van der Waals surface area contributed by atoms with Crippen LogP contribution in [0.15, 0.2) is 48.7 Å². The zero-order chi connectivity index (χ0) is 17.5. The second kappa shape index (κ2) is 8.77. The van der Waals surface area contributed by atoms with E-state index in [1.54, 1.807) is 0 Å². The molecular weight excluding hydrogens is 310 g/mol. The molecule has 1 aromatic heterocycles. The van der Waals surface area contributed by atoms with Gasteiger partial charge < -0.3 is 5.32 Å². The molecule has 4 heteroatoms. The van der Waals surface area contributed by atoms with Crippen molar-refractivity contribution in [3.05, 3.63) is 65.5 Å². The minimum Gasteiger partial charge on any atom is -0.353 e. The highest BCUT2D eigenvalue weighted by Crippen LogP contribution is 2.14. The van der Waals surface area contributed by atoms with Gasteiger partial charge in [0.2, 0.25) is 5.91 Å². The maximum atomic E-state index is 12.2. The van der Waals surface area contributed by atoms with Crippen molar-refractivity contribution < 1.29 is 4.79 Å². The molecule has 0 saturated carbocycles. The maximum Gasteiger partial charge on any atom is 0.220 e. The van der Waals surface area contributed by atoms with Crippen molar-refractivity contribution in [1.82, 2.24) is 15.2 Å². The average Bonchev–Trinajstić information content (AvgIpc) is 2.64. The van der Waals surface area contributed by atoms with Gasteiger partial charge in [-0.3, -0.25) is 14.7 Å². The Balaban J connectivity index is 1.38. The molecule has 132 valence electrons. The number of hydrogen-bond donors (Lipinski definition) is 1. The Kier molecular flexibility index (Phi) is 6.18. The van der Waals surface area contributed by atoms with Crippen LogP contribution in [0.4, 0.5) is 0 Å². The SMILES string of the molecule is Cc1ccccc1CCC(=O)NC1CCN(Cc2ccccn2)CC1. The summed E-state index contributed by atoms with van der Waals surface area (Å²) in [6.07, 6.45) is 5.26. The van der Waals surface area contributed by atoms with E-state index < -0.39 is 0 Å². The fraction of sp³-hybridized carbons (Fsp3) is 0.429. The van der Waals surface area contributed by atoms with Crippen molar-refractivity contribution >= 4 is 5.91 Å². The number of nitrogens with one attached hydrogen (secondary N) is 1. The van der Waals surface area contributed by atoms with Gasteiger partial charge in [-0.15, -0.1) is 0 Å². The number of carbonyl (C=O) groups excluding carboxylic acids is 1. The van der Waals surface area contributed by atoms with Crippen LogP contribution >= 0.6 is 0 Å². The molecule has 1 aromatic carbocycles. The molecule has 4 nitrogen and oxygen atoms in total. The summed E-state index contributed by atoms with van der Waals surface area (Å²) in [5, 5.41) is 3.21. The van der Waals surface area contributed by atoms with Crippen LogP contribution in [-0.2, 0) is 17.8 Å². The second-order valence-electron chi connectivity index (χ2n) is 6.87. The molecule has 0 bridgehead atoms. The molecule has 1 aliphatic rings. The topological polar surface area (TPSA) is 45.2 Å². The lowest BCUT2D eigenvalue weighted by Gasteiger charge is -2.32. The summed E-state index contributed by atoms with van der Waals surface area (Å²) in [6.45, 7) is 5.03. The predicted octanol–water partition coefficient (Wildman–Crippen LogP) is 3.10. The third-order valence-electron chi connectivity index (χ3n) is 4.95. The van der Waals surface area contributed by atoms with E-state index in [0.717, 1.165) is 44.6 Å². The molecule has 0 aliphatic carbocycles. The fourth-order valence-electron chi connectivity index (χ4n) is 3.39. The van der Waals surface area contributed by atoms with Crippen molar-refractivity contribution in [2.75, 3.05) is 13.1 Å². The molecule has 0 atom stereocenters. The second-order valence-corrected chi connectivity index (χ2v) is 6.87. The third kappa shape index (κ3) is 5.40. The van der Waals surface area contributed by atoms with E-state index in [-0.39, 0.29) is 5.91 Å². The molecule has 1 saturated heterocycles. The quantitative estimate of drug-likeness (QED) is 0.881. The number of nitrogens with zero attached hydrogens (tertiary/aromatic N) is 2. The van der Waals surface area contributed by atoms with Crippen LogP contribution < -0.4 is 5.32 Å². The molecule has 25 heavy (non-hydrogen) atoms. The third-order valence-corrected chi connectivity index (χ3v) is 4.95. The van der Waals surface area contributed by atoms with Gasteiger partial charge in [-0.1, -0.05) is 30.3 Å². The van der Waals surface area contributed by atoms with Crippen molar-refractivity contribution in [1.29, 1.82) is 0 Å². The van der Waals surface area contributed by atoms with Crippen LogP contribution in [0, 0.1) is 6.92 Å². The molecule has 1 N–H and O–H groups in total. The monoisotopic (exact) mass is 337 g/mol. The van der Waals surface area contributed by atoms with E-state index in [4.69, 9.17) is 0 Å². The van der Waals surface area contributed by atoms with Crippen molar-refractivity contribution in [2.45, 2.75) is 45.2 Å². The lowest BCUT2D eigenvalue weighted by Crippen LogP contribution is -2.44. The van der Waals surface area contributed by atoms with Gasteiger partial charge in [0, 0.05) is 38.3 Å². The molecular formula is C21H27N3O. The first-order chi connectivity index (χ1) is 12.2. The van der Waals surface area contributed by atoms with Gasteiger partial charge >= 0.3 is 0 Å². The van der Waals surface area contributed by atoms with Crippen molar-refractivity contribution in [2.24, 2.45) is 0 Å². The Bertz CT molecular complexity index is 679. The van der Waals surface area contributed by atoms with Crippen LogP contribution in [0.3, 0.4) is 0 Å². The number of pyridine rings is 1. The Morgan fingerprint density at radius 3 is 2.64 bits per heavy atom. The first-order valence-corrected chi connectivity index (χ1v) is 9.17. The molecule has 2 aromatic rings. The molecule has 2 heterocycles. The number of carbonyl (C=O) groups is 1. The standard InChI is InChI=1S/C21H27N3O/c1-17-6-2-3-7-18(17)9-10-21(25)23-19-11-14-24(15-12-19)16-20-8-4-5-13-22-20/h2-8,13,19H,9-12,14-16H2,1H3,(H,23,25). The van der Waals surface area contributed by atoms with E-state index in [2.05, 4.69) is 40.3 Å². The van der Waals surface area contributed by atoms with Crippen molar-refractivity contribution in [3.8, 4) is 0 Å². The van der Waals surface area contributed by atoms with E-state index in [9.17, 15) is 4.79 Å². The fourth-order valence-corrected chi connectivity index (χ4v) is 3.39. The Hall–Kier alpha value is -2.20. The summed E-state index contributed by atoms with van der Waals surface area (Å²) in [5.41, 5.74) is 3.64. The summed E-state index contributed by atoms with van der Waals surface area (Å²) < 4.78 is 0. The average molecular weight is 337 g/mol. The number of benzene rings is 1. The number of aryl methyl sites for hydroxylation is 2. The van der Waals surface area contributed by atoms with Gasteiger partial charge in [0.25, 0.3) is 0 Å². The highest BCUT2D eigenvalue weighted by Gasteiger charge is 2.20. The minimum absolute atomic E-state index is 0.173. The predicted molar refractivity (Wildman–Crippen MR) is 100 cm³/mol. The lowest BCUT2D eigenvalue weighted by molar-refractivity contribution is -0.122. The van der Waals surface area contributed by atoms with Crippen LogP contribution in [-0.4, -0.2) is 34.9 Å². The van der Waals surface area contributed by atoms with E-state index in [1.165, 1.54) is 11.1 Å². The van der Waals surface area contributed by atoms with Crippen LogP contribution in [0.25, 0.3) is 0 Å². The maximum absolute atomic E-state index is 12.2. The minimum atomic E-state index is 0.173. The Morgan fingerprint density at radius 1 is 1.16 bits per heavy atom. The molecule has 1 aliphatic heterocycles. The van der Waals surface area contributed by atoms with Gasteiger partial charge in [-0.25, -0.2) is 0 Å². The number of piperidine rings is 1. The van der Waals surface area contributed by atoms with Gasteiger partial charge in [0.15, 0.2) is 0 Å². The van der Waals surface area contributed by atoms with Gasteiger partial charge in [0.05, 0.1) is 5.69 Å². The first kappa shape index (κ1) is 17.6. The number of amides is 1. The molecule has 1 fully saturated rings. The summed E-state index contributed by atoms with van der Waals surface area (Å²) in [7, 11) is 0. The normalized spacial score (nSPS) is 15.9. The number of likely N-dealkylation sites (tertiary alicyclic amines) is 1. The first-order valence-electron chi connectivity index (χ1n) is 9.17. The summed E-state index contributed by atoms with van der Waals surface area (Å²) >= 11 is 0. The zero-order valence-electron chi connectivity index (χ0n) is 14.9. The highest BCUT2D eigenvalue weighted by atomic mass is 16.1. The van der Waals surface area contributed by atoms with Crippen LogP contribution in [0.2, 0.25) is 0 Å². The van der Waals surface area contributed by atoms with Gasteiger partial charge in [0.1, 0.15) is 0 Å². The van der Waals surface area contributed by atoms with Gasteiger partial charge in [-0.05, 0) is 49.4 Å². The Morgan fingerprint density at radius 2 is 1.92 bits per heavy atom. The zero-order valence-corrected chi connectivity index (χ0v) is 14.9. The number of hydrogen-bond acceptors (Lipinski definition) is 3. The molecule has 0 radical (unpaired) electrons. The van der Waals surface area contributed by atoms with Gasteiger partial charge in [-0.2, -0.15) is 0 Å². The Labute approximate surface area is 150 Å². The van der Waals surface area contributed by atoms with E-state index in [0.29, 0.717) is 12.5 Å². The van der Waals surface area contributed by atoms with Crippen molar-refractivity contribution in [3.63, 3.8) is 0 Å². The number of rotatable bonds is 6. The summed E-state index contributed by atoms with van der Waals surface area (Å²) in [4.78, 5) is 19.0. The summed E-state index contributed by atoms with van der Waals surface area (Å²) in [5.74, 6) is 0.173. The van der Waals surface area contributed by atoms with E-state index in [1.807, 2.05) is 30.5 Å². The van der Waals surface area contributed by atoms with Crippen LogP contribution in [0.5, 0.6) is 0 Å². The number of aromatic nitrogens is 1. The molecule has 0 unspecified atom stereocenters. The van der Waals surface area contributed by atoms with Crippen LogP contribution in [0.1, 0.15) is 36.1 Å². The molecule has 3 rings (SSSR count). The largest absolute Gasteiger partial charge is 0.353 e. The lowest BCUT2D eigenvalue weighted by atomic mass is 10.0. The molecule has 1 amide bonds.